The summed E-state index contributed by atoms with van der Waals surface area (Å²) < 4.78 is 7.92. The summed E-state index contributed by atoms with van der Waals surface area (Å²) in [6, 6.07) is 18.6. The van der Waals surface area contributed by atoms with Crippen molar-refractivity contribution >= 4 is 17.2 Å². The third-order valence-corrected chi connectivity index (χ3v) is 5.91. The number of carbonyl (C=O) groups is 1. The Hall–Kier alpha value is -4.00. The fraction of sp³-hybridized carbons (Fsp3) is 0.231. The lowest BCUT2D eigenvalue weighted by Crippen LogP contribution is -2.48. The first kappa shape index (κ1) is 20.9. The number of nitrogens with zero attached hydrogens (tertiary/aromatic N) is 4. The Morgan fingerprint density at radius 1 is 1.00 bits per heavy atom. The number of aryl methyl sites for hydroxylation is 1. The van der Waals surface area contributed by atoms with Crippen LogP contribution < -0.4 is 9.64 Å². The number of hydrogen-bond acceptors (Lipinski definition) is 5. The van der Waals surface area contributed by atoms with Gasteiger partial charge in [-0.1, -0.05) is 24.3 Å². The van der Waals surface area contributed by atoms with E-state index in [9.17, 15) is 9.90 Å². The monoisotopic (exact) mass is 442 g/mol. The summed E-state index contributed by atoms with van der Waals surface area (Å²) in [6.07, 6.45) is 3.99. The maximum Gasteiger partial charge on any atom is 0.254 e. The molecule has 0 spiro atoms. The van der Waals surface area contributed by atoms with Gasteiger partial charge in [0, 0.05) is 44.1 Å². The first-order chi connectivity index (χ1) is 16.1. The minimum Gasteiger partial charge on any atom is -0.506 e. The molecule has 7 heteroatoms. The molecule has 1 fully saturated rings. The minimum atomic E-state index is -0.0133. The third kappa shape index (κ3) is 4.48. The molecule has 5 rings (SSSR count). The molecule has 1 aliphatic heterocycles. The van der Waals surface area contributed by atoms with E-state index in [1.807, 2.05) is 77.1 Å². The number of benzene rings is 2. The molecule has 1 aliphatic rings. The van der Waals surface area contributed by atoms with Gasteiger partial charge in [-0.05, 0) is 48.9 Å². The number of amides is 1. The van der Waals surface area contributed by atoms with Gasteiger partial charge < -0.3 is 24.0 Å². The van der Waals surface area contributed by atoms with E-state index in [0.29, 0.717) is 44.1 Å². The second-order valence-corrected chi connectivity index (χ2v) is 8.29. The van der Waals surface area contributed by atoms with Crippen LogP contribution in [0.15, 0.2) is 73.1 Å². The van der Waals surface area contributed by atoms with Gasteiger partial charge in [-0.2, -0.15) is 0 Å². The second kappa shape index (κ2) is 8.86. The molecule has 1 amide bonds. The summed E-state index contributed by atoms with van der Waals surface area (Å²) in [6.45, 7) is 4.92. The standard InChI is InChI=1S/C26H26N4O3/c1-19-9-10-25-27-21(17-30(25)16-19)18-33-22-6-4-5-20(15-22)26(32)29-13-11-28(12-14-29)23-7-2-3-8-24(23)31/h2-10,15-17,31H,11-14,18H2,1H3. The Labute approximate surface area is 192 Å². The van der Waals surface area contributed by atoms with Crippen molar-refractivity contribution < 1.29 is 14.6 Å². The number of carbonyl (C=O) groups excluding carboxylic acids is 1. The molecule has 0 atom stereocenters. The smallest absolute Gasteiger partial charge is 0.254 e. The molecule has 0 unspecified atom stereocenters. The van der Waals surface area contributed by atoms with Crippen molar-refractivity contribution in [2.75, 3.05) is 31.1 Å². The number of ether oxygens (including phenoxy) is 1. The molecule has 168 valence electrons. The van der Waals surface area contributed by atoms with Crippen LogP contribution in [-0.2, 0) is 6.61 Å². The van der Waals surface area contributed by atoms with Crippen molar-refractivity contribution in [1.29, 1.82) is 0 Å². The van der Waals surface area contributed by atoms with E-state index >= 15 is 0 Å². The highest BCUT2D eigenvalue weighted by Crippen LogP contribution is 2.27. The largest absolute Gasteiger partial charge is 0.506 e. The molecule has 0 saturated carbocycles. The normalized spacial score (nSPS) is 14.0. The summed E-state index contributed by atoms with van der Waals surface area (Å²) in [5.74, 6) is 0.894. The van der Waals surface area contributed by atoms with Crippen molar-refractivity contribution in [2.45, 2.75) is 13.5 Å². The Bertz CT molecular complexity index is 1290. The van der Waals surface area contributed by atoms with Gasteiger partial charge in [0.1, 0.15) is 23.8 Å². The van der Waals surface area contributed by atoms with Crippen LogP contribution in [-0.4, -0.2) is 51.5 Å². The molecule has 4 aromatic rings. The highest BCUT2D eigenvalue weighted by molar-refractivity contribution is 5.94. The Balaban J connectivity index is 1.21. The molecule has 2 aromatic carbocycles. The van der Waals surface area contributed by atoms with Gasteiger partial charge in [0.2, 0.25) is 0 Å². The van der Waals surface area contributed by atoms with Crippen LogP contribution in [0, 0.1) is 6.92 Å². The van der Waals surface area contributed by atoms with Crippen LogP contribution in [0.25, 0.3) is 5.65 Å². The molecule has 0 radical (unpaired) electrons. The number of hydrogen-bond donors (Lipinski definition) is 1. The molecule has 1 saturated heterocycles. The zero-order valence-electron chi connectivity index (χ0n) is 18.5. The van der Waals surface area contributed by atoms with Gasteiger partial charge in [-0.15, -0.1) is 0 Å². The third-order valence-electron chi connectivity index (χ3n) is 5.91. The Morgan fingerprint density at radius 2 is 1.82 bits per heavy atom. The summed E-state index contributed by atoms with van der Waals surface area (Å²) in [5.41, 5.74) is 4.29. The average Bonchev–Trinajstić information content (AvgIpc) is 3.25. The van der Waals surface area contributed by atoms with Gasteiger partial charge in [-0.3, -0.25) is 4.79 Å². The lowest BCUT2D eigenvalue weighted by molar-refractivity contribution is 0.0746. The summed E-state index contributed by atoms with van der Waals surface area (Å²) in [5, 5.41) is 10.1. The van der Waals surface area contributed by atoms with Crippen molar-refractivity contribution in [3.05, 3.63) is 89.9 Å². The fourth-order valence-electron chi connectivity index (χ4n) is 4.17. The number of aromatic nitrogens is 2. The number of para-hydroxylation sites is 2. The molecule has 2 aromatic heterocycles. The number of anilines is 1. The van der Waals surface area contributed by atoms with Gasteiger partial charge >= 0.3 is 0 Å². The summed E-state index contributed by atoms with van der Waals surface area (Å²) in [7, 11) is 0. The van der Waals surface area contributed by atoms with Crippen molar-refractivity contribution in [2.24, 2.45) is 0 Å². The molecular formula is C26H26N4O3. The van der Waals surface area contributed by atoms with Crippen LogP contribution in [0.1, 0.15) is 21.6 Å². The zero-order chi connectivity index (χ0) is 22.8. The van der Waals surface area contributed by atoms with E-state index in [4.69, 9.17) is 4.74 Å². The van der Waals surface area contributed by atoms with Crippen LogP contribution in [0.5, 0.6) is 11.5 Å². The maximum absolute atomic E-state index is 13.1. The summed E-state index contributed by atoms with van der Waals surface area (Å²) in [4.78, 5) is 21.6. The topological polar surface area (TPSA) is 70.3 Å². The molecule has 0 bridgehead atoms. The van der Waals surface area contributed by atoms with Crippen LogP contribution >= 0.6 is 0 Å². The van der Waals surface area contributed by atoms with Crippen LogP contribution in [0.3, 0.4) is 0 Å². The van der Waals surface area contributed by atoms with E-state index in [-0.39, 0.29) is 11.7 Å². The van der Waals surface area contributed by atoms with E-state index in [1.165, 1.54) is 5.56 Å². The summed E-state index contributed by atoms with van der Waals surface area (Å²) >= 11 is 0. The average molecular weight is 443 g/mol. The van der Waals surface area contributed by atoms with E-state index < -0.39 is 0 Å². The van der Waals surface area contributed by atoms with Gasteiger partial charge in [0.25, 0.3) is 5.91 Å². The number of phenols is 1. The minimum absolute atomic E-state index is 0.0133. The molecule has 3 heterocycles. The number of imidazole rings is 1. The number of fused-ring (bicyclic) bond motifs is 1. The van der Waals surface area contributed by atoms with Crippen LogP contribution in [0.4, 0.5) is 5.69 Å². The van der Waals surface area contributed by atoms with E-state index in [1.54, 1.807) is 12.1 Å². The highest BCUT2D eigenvalue weighted by atomic mass is 16.5. The SMILES string of the molecule is Cc1ccc2nc(COc3cccc(C(=O)N4CCN(c5ccccc5O)CC4)c3)cn2c1. The predicted molar refractivity (Wildman–Crippen MR) is 127 cm³/mol. The van der Waals surface area contributed by atoms with E-state index in [0.717, 1.165) is 17.0 Å². The zero-order valence-corrected chi connectivity index (χ0v) is 18.5. The fourth-order valence-corrected chi connectivity index (χ4v) is 4.17. The first-order valence-electron chi connectivity index (χ1n) is 11.1. The van der Waals surface area contributed by atoms with Crippen molar-refractivity contribution in [3.8, 4) is 11.5 Å². The molecule has 7 nitrogen and oxygen atoms in total. The number of rotatable bonds is 5. The molecule has 0 aliphatic carbocycles. The highest BCUT2D eigenvalue weighted by Gasteiger charge is 2.23. The quantitative estimate of drug-likeness (QED) is 0.508. The number of phenolic OH excluding ortho intramolecular Hbond substituents is 1. The second-order valence-electron chi connectivity index (χ2n) is 8.29. The maximum atomic E-state index is 13.1. The Kier molecular flexibility index (Phi) is 5.60. The molecule has 1 N–H and O–H groups in total. The van der Waals surface area contributed by atoms with E-state index in [2.05, 4.69) is 9.88 Å². The lowest BCUT2D eigenvalue weighted by Gasteiger charge is -2.36. The number of aromatic hydroxyl groups is 1. The number of piperazine rings is 1. The van der Waals surface area contributed by atoms with Gasteiger partial charge in [0.15, 0.2) is 0 Å². The predicted octanol–water partition coefficient (Wildman–Crippen LogP) is 3.89. The van der Waals surface area contributed by atoms with Crippen LogP contribution in [0.2, 0.25) is 0 Å². The van der Waals surface area contributed by atoms with Crippen molar-refractivity contribution in [3.63, 3.8) is 0 Å². The Morgan fingerprint density at radius 3 is 2.64 bits per heavy atom. The van der Waals surface area contributed by atoms with Crippen molar-refractivity contribution in [1.82, 2.24) is 14.3 Å². The molecule has 33 heavy (non-hydrogen) atoms. The first-order valence-corrected chi connectivity index (χ1v) is 11.1. The number of pyridine rings is 1. The molecular weight excluding hydrogens is 416 g/mol. The lowest BCUT2D eigenvalue weighted by atomic mass is 10.1. The van der Waals surface area contributed by atoms with Gasteiger partial charge in [0.05, 0.1) is 11.4 Å². The van der Waals surface area contributed by atoms with Gasteiger partial charge in [-0.25, -0.2) is 4.98 Å².